The maximum absolute atomic E-state index is 5.82. The molecule has 1 aliphatic rings. The van der Waals surface area contributed by atoms with E-state index in [4.69, 9.17) is 16.3 Å². The van der Waals surface area contributed by atoms with E-state index in [1.165, 1.54) is 0 Å². The van der Waals surface area contributed by atoms with Gasteiger partial charge in [0.25, 0.3) is 0 Å². The number of anilines is 1. The van der Waals surface area contributed by atoms with Crippen molar-refractivity contribution >= 4 is 17.5 Å². The summed E-state index contributed by atoms with van der Waals surface area (Å²) < 4.78 is 5.40. The second-order valence-corrected chi connectivity index (χ2v) is 5.13. The zero-order valence-electron chi connectivity index (χ0n) is 10.3. The van der Waals surface area contributed by atoms with Crippen molar-refractivity contribution in [2.75, 3.05) is 5.32 Å². The highest BCUT2D eigenvalue weighted by Crippen LogP contribution is 2.28. The summed E-state index contributed by atoms with van der Waals surface area (Å²) in [5.41, 5.74) is 0. The number of rotatable bonds is 4. The third-order valence-electron chi connectivity index (χ3n) is 2.64. The van der Waals surface area contributed by atoms with Gasteiger partial charge in [-0.05, 0) is 44.2 Å². The van der Waals surface area contributed by atoms with Gasteiger partial charge in [-0.2, -0.15) is 15.0 Å². The molecule has 1 aliphatic carbocycles. The van der Waals surface area contributed by atoms with Crippen LogP contribution in [0.15, 0.2) is 0 Å². The number of nitrogens with one attached hydrogen (secondary N) is 1. The largest absolute Gasteiger partial charge is 0.461 e. The molecule has 0 aliphatic heterocycles. The standard InChI is InChI=1S/C11H17ClN4O/c1-6(2)17-11-15-9(12)14-10(16-11)13-8-4-7(3)5-8/h6-8H,4-5H2,1-3H3,(H,13,14,15,16). The third-order valence-corrected chi connectivity index (χ3v) is 2.80. The molecule has 17 heavy (non-hydrogen) atoms. The summed E-state index contributed by atoms with van der Waals surface area (Å²) >= 11 is 5.82. The van der Waals surface area contributed by atoms with Crippen LogP contribution in [0.25, 0.3) is 0 Å². The first-order valence-corrected chi connectivity index (χ1v) is 6.25. The number of hydrogen-bond donors (Lipinski definition) is 1. The third kappa shape index (κ3) is 3.43. The number of ether oxygens (including phenoxy) is 1. The van der Waals surface area contributed by atoms with Crippen molar-refractivity contribution in [3.8, 4) is 6.01 Å². The molecule has 0 radical (unpaired) electrons. The molecule has 2 rings (SSSR count). The topological polar surface area (TPSA) is 59.9 Å². The van der Waals surface area contributed by atoms with Gasteiger partial charge in [-0.15, -0.1) is 0 Å². The highest BCUT2D eigenvalue weighted by atomic mass is 35.5. The van der Waals surface area contributed by atoms with E-state index in [-0.39, 0.29) is 17.4 Å². The monoisotopic (exact) mass is 256 g/mol. The quantitative estimate of drug-likeness (QED) is 0.897. The fourth-order valence-corrected chi connectivity index (χ4v) is 2.02. The lowest BCUT2D eigenvalue weighted by molar-refractivity contribution is 0.221. The van der Waals surface area contributed by atoms with Crippen molar-refractivity contribution < 1.29 is 4.74 Å². The van der Waals surface area contributed by atoms with Gasteiger partial charge in [-0.1, -0.05) is 6.92 Å². The van der Waals surface area contributed by atoms with E-state index in [0.717, 1.165) is 18.8 Å². The molecular weight excluding hydrogens is 240 g/mol. The van der Waals surface area contributed by atoms with Gasteiger partial charge in [0.15, 0.2) is 0 Å². The molecule has 0 saturated heterocycles. The molecule has 1 saturated carbocycles. The average molecular weight is 257 g/mol. The van der Waals surface area contributed by atoms with Gasteiger partial charge in [-0.3, -0.25) is 0 Å². The second kappa shape index (κ2) is 5.04. The van der Waals surface area contributed by atoms with Crippen LogP contribution < -0.4 is 10.1 Å². The minimum absolute atomic E-state index is 0.0186. The molecule has 1 aromatic rings. The Morgan fingerprint density at radius 2 is 2.00 bits per heavy atom. The molecule has 1 heterocycles. The summed E-state index contributed by atoms with van der Waals surface area (Å²) in [4.78, 5) is 12.1. The number of hydrogen-bond acceptors (Lipinski definition) is 5. The molecule has 94 valence electrons. The fourth-order valence-electron chi connectivity index (χ4n) is 1.86. The van der Waals surface area contributed by atoms with Crippen molar-refractivity contribution in [1.29, 1.82) is 0 Å². The van der Waals surface area contributed by atoms with Crippen molar-refractivity contribution in [2.45, 2.75) is 45.8 Å². The summed E-state index contributed by atoms with van der Waals surface area (Å²) in [7, 11) is 0. The van der Waals surface area contributed by atoms with Crippen LogP contribution in [0.4, 0.5) is 5.95 Å². The Kier molecular flexibility index (Phi) is 3.66. The first-order chi connectivity index (χ1) is 8.02. The van der Waals surface area contributed by atoms with Crippen LogP contribution in [-0.4, -0.2) is 27.1 Å². The van der Waals surface area contributed by atoms with Crippen LogP contribution in [0.1, 0.15) is 33.6 Å². The molecule has 5 nitrogen and oxygen atoms in total. The maximum atomic E-state index is 5.82. The van der Waals surface area contributed by atoms with Gasteiger partial charge in [-0.25, -0.2) is 0 Å². The van der Waals surface area contributed by atoms with E-state index in [0.29, 0.717) is 12.0 Å². The summed E-state index contributed by atoms with van der Waals surface area (Å²) in [6, 6.07) is 0.713. The Balaban J connectivity index is 2.03. The molecule has 0 unspecified atom stereocenters. The minimum Gasteiger partial charge on any atom is -0.461 e. The lowest BCUT2D eigenvalue weighted by atomic mass is 9.82. The lowest BCUT2D eigenvalue weighted by Crippen LogP contribution is -2.34. The molecule has 0 aromatic carbocycles. The smallest absolute Gasteiger partial charge is 0.322 e. The predicted molar refractivity (Wildman–Crippen MR) is 66.4 cm³/mol. The number of halogens is 1. The molecule has 1 N–H and O–H groups in total. The minimum atomic E-state index is 0.0186. The van der Waals surface area contributed by atoms with Crippen molar-refractivity contribution in [1.82, 2.24) is 15.0 Å². The number of aromatic nitrogens is 3. The van der Waals surface area contributed by atoms with Crippen LogP contribution in [0.2, 0.25) is 5.28 Å². The van der Waals surface area contributed by atoms with Gasteiger partial charge >= 0.3 is 6.01 Å². The van der Waals surface area contributed by atoms with Crippen molar-refractivity contribution in [2.24, 2.45) is 5.92 Å². The van der Waals surface area contributed by atoms with Crippen LogP contribution in [-0.2, 0) is 0 Å². The molecule has 0 atom stereocenters. The van der Waals surface area contributed by atoms with E-state index < -0.39 is 0 Å². The van der Waals surface area contributed by atoms with E-state index in [2.05, 4.69) is 27.2 Å². The highest BCUT2D eigenvalue weighted by Gasteiger charge is 2.26. The van der Waals surface area contributed by atoms with Crippen molar-refractivity contribution in [3.05, 3.63) is 5.28 Å². The summed E-state index contributed by atoms with van der Waals surface area (Å²) in [5.74, 6) is 1.27. The fraction of sp³-hybridized carbons (Fsp3) is 0.727. The van der Waals surface area contributed by atoms with E-state index in [9.17, 15) is 0 Å². The lowest BCUT2D eigenvalue weighted by Gasteiger charge is -2.33. The average Bonchev–Trinajstić information content (AvgIpc) is 2.12. The molecule has 1 fully saturated rings. The Bertz CT molecular complexity index is 393. The Morgan fingerprint density at radius 1 is 1.29 bits per heavy atom. The molecule has 0 bridgehead atoms. The van der Waals surface area contributed by atoms with E-state index >= 15 is 0 Å². The van der Waals surface area contributed by atoms with Gasteiger partial charge in [0, 0.05) is 6.04 Å². The summed E-state index contributed by atoms with van der Waals surface area (Å²) in [5, 5.41) is 3.39. The van der Waals surface area contributed by atoms with Crippen LogP contribution in [0.3, 0.4) is 0 Å². The first-order valence-electron chi connectivity index (χ1n) is 5.87. The zero-order chi connectivity index (χ0) is 12.4. The van der Waals surface area contributed by atoms with Gasteiger partial charge in [0.05, 0.1) is 6.10 Å². The van der Waals surface area contributed by atoms with Crippen molar-refractivity contribution in [3.63, 3.8) is 0 Å². The Hall–Kier alpha value is -1.10. The molecule has 1 aromatic heterocycles. The van der Waals surface area contributed by atoms with Gasteiger partial charge in [0.2, 0.25) is 11.2 Å². The van der Waals surface area contributed by atoms with Gasteiger partial charge < -0.3 is 10.1 Å². The van der Waals surface area contributed by atoms with Gasteiger partial charge in [0.1, 0.15) is 0 Å². The summed E-state index contributed by atoms with van der Waals surface area (Å²) in [6.07, 6.45) is 2.30. The summed E-state index contributed by atoms with van der Waals surface area (Å²) in [6.45, 7) is 6.06. The Morgan fingerprint density at radius 3 is 2.59 bits per heavy atom. The van der Waals surface area contributed by atoms with Crippen LogP contribution in [0.5, 0.6) is 6.01 Å². The zero-order valence-corrected chi connectivity index (χ0v) is 11.0. The molecule has 6 heteroatoms. The van der Waals surface area contributed by atoms with Crippen LogP contribution in [0, 0.1) is 5.92 Å². The van der Waals surface area contributed by atoms with E-state index in [1.807, 2.05) is 13.8 Å². The Labute approximate surface area is 106 Å². The highest BCUT2D eigenvalue weighted by molar-refractivity contribution is 6.28. The molecule has 0 spiro atoms. The number of nitrogens with zero attached hydrogens (tertiary/aromatic N) is 3. The SMILES string of the molecule is CC1CC(Nc2nc(Cl)nc(OC(C)C)n2)C1. The normalized spacial score (nSPS) is 23.4. The van der Waals surface area contributed by atoms with Crippen LogP contribution >= 0.6 is 11.6 Å². The predicted octanol–water partition coefficient (Wildman–Crippen LogP) is 2.52. The first kappa shape index (κ1) is 12.4. The van der Waals surface area contributed by atoms with E-state index in [1.54, 1.807) is 0 Å². The maximum Gasteiger partial charge on any atom is 0.322 e. The molecular formula is C11H17ClN4O. The molecule has 0 amide bonds. The second-order valence-electron chi connectivity index (χ2n) is 4.80.